The molecule has 1 unspecified atom stereocenters. The van der Waals surface area contributed by atoms with Crippen molar-refractivity contribution in [2.24, 2.45) is 0 Å². The van der Waals surface area contributed by atoms with Crippen molar-refractivity contribution in [1.29, 1.82) is 0 Å². The average molecular weight is 263 g/mol. The third-order valence-electron chi connectivity index (χ3n) is 3.04. The molecule has 1 aromatic rings. The van der Waals surface area contributed by atoms with Gasteiger partial charge in [-0.25, -0.2) is 0 Å². The Kier molecular flexibility index (Phi) is 5.55. The molecule has 0 fully saturated rings. The van der Waals surface area contributed by atoms with Crippen molar-refractivity contribution < 1.29 is 14.7 Å². The maximum Gasteiger partial charge on any atom is 0.303 e. The molecule has 104 valence electrons. The largest absolute Gasteiger partial charge is 0.481 e. The molecule has 0 heterocycles. The monoisotopic (exact) mass is 263 g/mol. The summed E-state index contributed by atoms with van der Waals surface area (Å²) < 4.78 is 0. The summed E-state index contributed by atoms with van der Waals surface area (Å²) in [5, 5.41) is 11.5. The minimum atomic E-state index is -0.798. The minimum absolute atomic E-state index is 0.0215. The van der Waals surface area contributed by atoms with Crippen LogP contribution in [0.5, 0.6) is 0 Å². The number of carbonyl (C=O) groups is 2. The van der Waals surface area contributed by atoms with E-state index in [2.05, 4.69) is 5.32 Å². The van der Waals surface area contributed by atoms with Gasteiger partial charge < -0.3 is 10.4 Å². The van der Waals surface area contributed by atoms with Crippen LogP contribution in [-0.4, -0.2) is 23.0 Å². The first-order chi connectivity index (χ1) is 8.90. The number of aryl methyl sites for hydroxylation is 2. The van der Waals surface area contributed by atoms with Gasteiger partial charge in [0.05, 0.1) is 0 Å². The van der Waals surface area contributed by atoms with Crippen LogP contribution in [0.25, 0.3) is 0 Å². The lowest BCUT2D eigenvalue weighted by Gasteiger charge is -2.14. The number of aliphatic carboxylic acids is 1. The molecule has 0 aliphatic carbocycles. The van der Waals surface area contributed by atoms with E-state index in [-0.39, 0.29) is 18.4 Å². The SMILES string of the molecule is Cc1ccc(C)c(C(=O)NC(C)CCCC(=O)O)c1. The van der Waals surface area contributed by atoms with Crippen molar-refractivity contribution in [3.8, 4) is 0 Å². The van der Waals surface area contributed by atoms with E-state index in [1.165, 1.54) is 0 Å². The summed E-state index contributed by atoms with van der Waals surface area (Å²) in [6, 6.07) is 5.75. The Morgan fingerprint density at radius 1 is 1.32 bits per heavy atom. The molecule has 4 heteroatoms. The van der Waals surface area contributed by atoms with E-state index < -0.39 is 5.97 Å². The van der Waals surface area contributed by atoms with Gasteiger partial charge in [0.15, 0.2) is 0 Å². The van der Waals surface area contributed by atoms with Crippen molar-refractivity contribution in [3.05, 3.63) is 34.9 Å². The average Bonchev–Trinajstić information content (AvgIpc) is 2.31. The molecule has 1 rings (SSSR count). The van der Waals surface area contributed by atoms with Crippen LogP contribution in [0.2, 0.25) is 0 Å². The second kappa shape index (κ2) is 6.92. The van der Waals surface area contributed by atoms with E-state index in [1.807, 2.05) is 39.0 Å². The first-order valence-corrected chi connectivity index (χ1v) is 6.50. The van der Waals surface area contributed by atoms with E-state index in [1.54, 1.807) is 0 Å². The Balaban J connectivity index is 2.54. The van der Waals surface area contributed by atoms with Crippen LogP contribution in [0.4, 0.5) is 0 Å². The molecule has 0 saturated carbocycles. The number of rotatable bonds is 6. The fraction of sp³-hybridized carbons (Fsp3) is 0.467. The fourth-order valence-electron chi connectivity index (χ4n) is 1.91. The van der Waals surface area contributed by atoms with E-state index in [4.69, 9.17) is 5.11 Å². The second-order valence-electron chi connectivity index (χ2n) is 4.98. The maximum atomic E-state index is 12.1. The summed E-state index contributed by atoms with van der Waals surface area (Å²) in [5.41, 5.74) is 2.68. The van der Waals surface area contributed by atoms with E-state index >= 15 is 0 Å². The molecule has 0 aliphatic heterocycles. The number of carboxylic acids is 1. The van der Waals surface area contributed by atoms with Gasteiger partial charge in [-0.2, -0.15) is 0 Å². The Morgan fingerprint density at radius 3 is 2.63 bits per heavy atom. The topological polar surface area (TPSA) is 66.4 Å². The van der Waals surface area contributed by atoms with Crippen LogP contribution in [0.1, 0.15) is 47.7 Å². The summed E-state index contributed by atoms with van der Waals surface area (Å²) in [4.78, 5) is 22.5. The van der Waals surface area contributed by atoms with Crippen molar-refractivity contribution in [2.75, 3.05) is 0 Å². The smallest absolute Gasteiger partial charge is 0.303 e. The molecular formula is C15H21NO3. The molecule has 0 bridgehead atoms. The van der Waals surface area contributed by atoms with Crippen LogP contribution >= 0.6 is 0 Å². The van der Waals surface area contributed by atoms with Gasteiger partial charge >= 0.3 is 5.97 Å². The lowest BCUT2D eigenvalue weighted by Crippen LogP contribution is -2.33. The Hall–Kier alpha value is -1.84. The normalized spacial score (nSPS) is 11.9. The number of nitrogens with one attached hydrogen (secondary N) is 1. The highest BCUT2D eigenvalue weighted by atomic mass is 16.4. The molecule has 1 amide bonds. The number of carbonyl (C=O) groups excluding carboxylic acids is 1. The van der Waals surface area contributed by atoms with Gasteiger partial charge in [0.2, 0.25) is 0 Å². The summed E-state index contributed by atoms with van der Waals surface area (Å²) in [6.45, 7) is 5.75. The molecule has 0 aliphatic rings. The van der Waals surface area contributed by atoms with Gasteiger partial charge in [-0.1, -0.05) is 17.7 Å². The summed E-state index contributed by atoms with van der Waals surface area (Å²) in [7, 11) is 0. The second-order valence-corrected chi connectivity index (χ2v) is 4.98. The highest BCUT2D eigenvalue weighted by Crippen LogP contribution is 2.11. The zero-order valence-electron chi connectivity index (χ0n) is 11.7. The number of hydrogen-bond acceptors (Lipinski definition) is 2. The first kappa shape index (κ1) is 15.2. The standard InChI is InChI=1S/C15H21NO3/c1-10-7-8-11(2)13(9-10)15(19)16-12(3)5-4-6-14(17)18/h7-9,12H,4-6H2,1-3H3,(H,16,19)(H,17,18). The molecule has 0 spiro atoms. The van der Waals surface area contributed by atoms with Crippen LogP contribution < -0.4 is 5.32 Å². The number of carboxylic acid groups (broad SMARTS) is 1. The molecule has 2 N–H and O–H groups in total. The predicted molar refractivity (Wildman–Crippen MR) is 74.3 cm³/mol. The van der Waals surface area contributed by atoms with Gasteiger partial charge in [0.1, 0.15) is 0 Å². The molecule has 1 atom stereocenters. The first-order valence-electron chi connectivity index (χ1n) is 6.50. The molecular weight excluding hydrogens is 242 g/mol. The minimum Gasteiger partial charge on any atom is -0.481 e. The molecule has 0 radical (unpaired) electrons. The van der Waals surface area contributed by atoms with Crippen LogP contribution in [0, 0.1) is 13.8 Å². The summed E-state index contributed by atoms with van der Waals surface area (Å²) in [5.74, 6) is -0.892. The summed E-state index contributed by atoms with van der Waals surface area (Å²) in [6.07, 6.45) is 1.39. The zero-order chi connectivity index (χ0) is 14.4. The Morgan fingerprint density at radius 2 is 2.00 bits per heavy atom. The summed E-state index contributed by atoms with van der Waals surface area (Å²) >= 11 is 0. The van der Waals surface area contributed by atoms with Gasteiger partial charge in [0, 0.05) is 18.0 Å². The van der Waals surface area contributed by atoms with Crippen LogP contribution in [0.3, 0.4) is 0 Å². The number of amides is 1. The number of hydrogen-bond donors (Lipinski definition) is 2. The fourth-order valence-corrected chi connectivity index (χ4v) is 1.91. The van der Waals surface area contributed by atoms with Crippen molar-refractivity contribution in [2.45, 2.75) is 46.1 Å². The Labute approximate surface area is 113 Å². The zero-order valence-corrected chi connectivity index (χ0v) is 11.7. The van der Waals surface area contributed by atoms with Gasteiger partial charge in [-0.05, 0) is 45.2 Å². The third-order valence-corrected chi connectivity index (χ3v) is 3.04. The Bertz CT molecular complexity index is 468. The third kappa shape index (κ3) is 5.12. The lowest BCUT2D eigenvalue weighted by atomic mass is 10.0. The van der Waals surface area contributed by atoms with Gasteiger partial charge in [-0.3, -0.25) is 9.59 Å². The molecule has 0 saturated heterocycles. The molecule has 1 aromatic carbocycles. The van der Waals surface area contributed by atoms with E-state index in [9.17, 15) is 9.59 Å². The van der Waals surface area contributed by atoms with Crippen molar-refractivity contribution in [3.63, 3.8) is 0 Å². The van der Waals surface area contributed by atoms with Gasteiger partial charge in [-0.15, -0.1) is 0 Å². The lowest BCUT2D eigenvalue weighted by molar-refractivity contribution is -0.137. The van der Waals surface area contributed by atoms with Gasteiger partial charge in [0.25, 0.3) is 5.91 Å². The molecule has 0 aromatic heterocycles. The highest BCUT2D eigenvalue weighted by molar-refractivity contribution is 5.95. The van der Waals surface area contributed by atoms with Crippen molar-refractivity contribution in [1.82, 2.24) is 5.32 Å². The van der Waals surface area contributed by atoms with Crippen LogP contribution in [0.15, 0.2) is 18.2 Å². The van der Waals surface area contributed by atoms with Crippen molar-refractivity contribution >= 4 is 11.9 Å². The quantitative estimate of drug-likeness (QED) is 0.829. The van der Waals surface area contributed by atoms with Crippen LogP contribution in [-0.2, 0) is 4.79 Å². The molecule has 19 heavy (non-hydrogen) atoms. The van der Waals surface area contributed by atoms with E-state index in [0.717, 1.165) is 11.1 Å². The number of benzene rings is 1. The van der Waals surface area contributed by atoms with E-state index in [0.29, 0.717) is 18.4 Å². The maximum absolute atomic E-state index is 12.1. The highest BCUT2D eigenvalue weighted by Gasteiger charge is 2.12. The predicted octanol–water partition coefficient (Wildman–Crippen LogP) is 2.68. The molecule has 4 nitrogen and oxygen atoms in total.